The summed E-state index contributed by atoms with van der Waals surface area (Å²) < 4.78 is 18.4. The standard InChI is InChI=1S/C28H33NO5/c1-5-33-26(30)28(3,27(31)34-6-2)17-23(19-12-14-21(32-4)15-13-19)24-18-29-16-8-10-20-9-7-11-22(24)25(20)29/h7,9,11-15,18,23H,5-6,8,10,16-17H2,1-4H3. The van der Waals surface area contributed by atoms with Crippen molar-refractivity contribution < 1.29 is 23.8 Å². The summed E-state index contributed by atoms with van der Waals surface area (Å²) in [5.41, 5.74) is 3.24. The Morgan fingerprint density at radius 2 is 1.71 bits per heavy atom. The molecule has 6 nitrogen and oxygen atoms in total. The first-order valence-corrected chi connectivity index (χ1v) is 12.0. The van der Waals surface area contributed by atoms with E-state index in [-0.39, 0.29) is 25.6 Å². The van der Waals surface area contributed by atoms with E-state index < -0.39 is 17.4 Å². The number of nitrogens with zero attached hydrogens (tertiary/aromatic N) is 1. The number of rotatable bonds is 9. The van der Waals surface area contributed by atoms with Gasteiger partial charge in [0.1, 0.15) is 5.75 Å². The van der Waals surface area contributed by atoms with E-state index in [9.17, 15) is 9.59 Å². The fraction of sp³-hybridized carbons (Fsp3) is 0.429. The topological polar surface area (TPSA) is 66.8 Å². The van der Waals surface area contributed by atoms with Gasteiger partial charge in [0, 0.05) is 24.0 Å². The highest BCUT2D eigenvalue weighted by molar-refractivity contribution is 6.00. The molecular weight excluding hydrogens is 430 g/mol. The molecule has 2 aromatic carbocycles. The van der Waals surface area contributed by atoms with Gasteiger partial charge in [-0.3, -0.25) is 9.59 Å². The molecule has 4 rings (SSSR count). The summed E-state index contributed by atoms with van der Waals surface area (Å²) in [5, 5.41) is 1.16. The summed E-state index contributed by atoms with van der Waals surface area (Å²) >= 11 is 0. The number of aromatic nitrogens is 1. The number of carbonyl (C=O) groups is 2. The Morgan fingerprint density at radius 1 is 1.03 bits per heavy atom. The maximum absolute atomic E-state index is 13.1. The van der Waals surface area contributed by atoms with Gasteiger partial charge in [-0.25, -0.2) is 0 Å². The van der Waals surface area contributed by atoms with Crippen LogP contribution < -0.4 is 4.74 Å². The number of benzene rings is 2. The molecule has 0 fully saturated rings. The Kier molecular flexibility index (Phi) is 6.96. The number of hydrogen-bond donors (Lipinski definition) is 0. The summed E-state index contributed by atoms with van der Waals surface area (Å²) in [6, 6.07) is 14.3. The molecule has 0 radical (unpaired) electrons. The Bertz CT molecular complexity index is 1160. The first-order chi connectivity index (χ1) is 16.4. The van der Waals surface area contributed by atoms with Crippen LogP contribution in [-0.4, -0.2) is 36.8 Å². The lowest BCUT2D eigenvalue weighted by Crippen LogP contribution is -2.41. The molecule has 6 heteroatoms. The van der Waals surface area contributed by atoms with Gasteiger partial charge in [0.2, 0.25) is 0 Å². The minimum atomic E-state index is -1.44. The van der Waals surface area contributed by atoms with E-state index in [1.807, 2.05) is 24.3 Å². The van der Waals surface area contributed by atoms with E-state index in [1.54, 1.807) is 27.9 Å². The molecule has 1 aromatic heterocycles. The van der Waals surface area contributed by atoms with Crippen LogP contribution in [0.5, 0.6) is 5.75 Å². The normalized spacial score (nSPS) is 14.0. The molecule has 3 aromatic rings. The third-order valence-electron chi connectivity index (χ3n) is 6.82. The molecule has 0 amide bonds. The number of ether oxygens (including phenoxy) is 3. The van der Waals surface area contributed by atoms with Gasteiger partial charge in [-0.1, -0.05) is 30.3 Å². The first kappa shape index (κ1) is 23.9. The molecular formula is C28H33NO5. The Balaban J connectivity index is 1.87. The van der Waals surface area contributed by atoms with Crippen molar-refractivity contribution in [3.05, 3.63) is 65.4 Å². The van der Waals surface area contributed by atoms with E-state index in [0.717, 1.165) is 41.6 Å². The van der Waals surface area contributed by atoms with Gasteiger partial charge in [0.15, 0.2) is 5.41 Å². The molecule has 1 aliphatic rings. The lowest BCUT2D eigenvalue weighted by Gasteiger charge is -2.29. The molecule has 1 atom stereocenters. The second-order valence-corrected chi connectivity index (χ2v) is 9.00. The first-order valence-electron chi connectivity index (χ1n) is 12.0. The van der Waals surface area contributed by atoms with Crippen molar-refractivity contribution in [3.8, 4) is 5.75 Å². The number of carbonyl (C=O) groups excluding carboxylic acids is 2. The molecule has 0 aliphatic carbocycles. The fourth-order valence-corrected chi connectivity index (χ4v) is 5.04. The van der Waals surface area contributed by atoms with Gasteiger partial charge in [0.25, 0.3) is 0 Å². The van der Waals surface area contributed by atoms with Gasteiger partial charge >= 0.3 is 11.9 Å². The van der Waals surface area contributed by atoms with Crippen molar-refractivity contribution >= 4 is 22.8 Å². The maximum Gasteiger partial charge on any atom is 0.323 e. The third kappa shape index (κ3) is 4.29. The summed E-state index contributed by atoms with van der Waals surface area (Å²) in [5.74, 6) is -0.577. The highest BCUT2D eigenvalue weighted by atomic mass is 16.6. The number of esters is 2. The molecule has 0 bridgehead atoms. The number of hydrogen-bond acceptors (Lipinski definition) is 5. The fourth-order valence-electron chi connectivity index (χ4n) is 5.04. The van der Waals surface area contributed by atoms with E-state index in [2.05, 4.69) is 29.0 Å². The Morgan fingerprint density at radius 3 is 2.32 bits per heavy atom. The smallest absolute Gasteiger partial charge is 0.323 e. The summed E-state index contributed by atoms with van der Waals surface area (Å²) in [6.45, 7) is 6.48. The van der Waals surface area contributed by atoms with Crippen molar-refractivity contribution in [1.82, 2.24) is 4.57 Å². The van der Waals surface area contributed by atoms with Gasteiger partial charge < -0.3 is 18.8 Å². The number of aryl methyl sites for hydroxylation is 2. The zero-order valence-electron chi connectivity index (χ0n) is 20.4. The Labute approximate surface area is 200 Å². The van der Waals surface area contributed by atoms with Crippen molar-refractivity contribution in [1.29, 1.82) is 0 Å². The average molecular weight is 464 g/mol. The third-order valence-corrected chi connectivity index (χ3v) is 6.82. The van der Waals surface area contributed by atoms with Crippen LogP contribution in [0, 0.1) is 5.41 Å². The molecule has 1 aliphatic heterocycles. The van der Waals surface area contributed by atoms with Crippen LogP contribution in [0.15, 0.2) is 48.7 Å². The van der Waals surface area contributed by atoms with Gasteiger partial charge in [-0.2, -0.15) is 0 Å². The zero-order valence-corrected chi connectivity index (χ0v) is 20.4. The molecule has 0 N–H and O–H groups in total. The molecule has 2 heterocycles. The van der Waals surface area contributed by atoms with E-state index in [4.69, 9.17) is 14.2 Å². The molecule has 0 spiro atoms. The molecule has 1 unspecified atom stereocenters. The molecule has 0 saturated carbocycles. The average Bonchev–Trinajstić information content (AvgIpc) is 3.23. The predicted molar refractivity (Wildman–Crippen MR) is 131 cm³/mol. The van der Waals surface area contributed by atoms with E-state index >= 15 is 0 Å². The van der Waals surface area contributed by atoms with Crippen LogP contribution in [0.2, 0.25) is 0 Å². The summed E-state index contributed by atoms with van der Waals surface area (Å²) in [7, 11) is 1.63. The summed E-state index contributed by atoms with van der Waals surface area (Å²) in [4.78, 5) is 26.2. The minimum Gasteiger partial charge on any atom is -0.497 e. The van der Waals surface area contributed by atoms with Crippen molar-refractivity contribution in [2.75, 3.05) is 20.3 Å². The number of methoxy groups -OCH3 is 1. The minimum absolute atomic E-state index is 0.198. The molecule has 34 heavy (non-hydrogen) atoms. The highest BCUT2D eigenvalue weighted by Gasteiger charge is 2.47. The molecule has 0 saturated heterocycles. The second-order valence-electron chi connectivity index (χ2n) is 9.00. The Hall–Kier alpha value is -3.28. The van der Waals surface area contributed by atoms with Gasteiger partial charge in [0.05, 0.1) is 25.8 Å². The SMILES string of the molecule is CCOC(=O)C(C)(CC(c1ccc(OC)cc1)c1cn2c3c(cccc13)CCC2)C(=O)OCC. The van der Waals surface area contributed by atoms with Crippen LogP contribution >= 0.6 is 0 Å². The van der Waals surface area contributed by atoms with Crippen LogP contribution in [0.1, 0.15) is 56.2 Å². The van der Waals surface area contributed by atoms with Gasteiger partial charge in [-0.15, -0.1) is 0 Å². The highest BCUT2D eigenvalue weighted by Crippen LogP contribution is 2.43. The second kappa shape index (κ2) is 9.92. The quantitative estimate of drug-likeness (QED) is 0.320. The van der Waals surface area contributed by atoms with Crippen LogP contribution in [0.25, 0.3) is 10.9 Å². The van der Waals surface area contributed by atoms with Crippen LogP contribution in [-0.2, 0) is 32.0 Å². The largest absolute Gasteiger partial charge is 0.497 e. The van der Waals surface area contributed by atoms with Crippen LogP contribution in [0.4, 0.5) is 0 Å². The maximum atomic E-state index is 13.1. The summed E-state index contributed by atoms with van der Waals surface area (Å²) in [6.07, 6.45) is 4.58. The molecule has 180 valence electrons. The number of para-hydroxylation sites is 1. The van der Waals surface area contributed by atoms with E-state index in [0.29, 0.717) is 0 Å². The van der Waals surface area contributed by atoms with E-state index in [1.165, 1.54) is 11.1 Å². The lowest BCUT2D eigenvalue weighted by molar-refractivity contribution is -0.171. The van der Waals surface area contributed by atoms with Crippen LogP contribution in [0.3, 0.4) is 0 Å². The predicted octanol–water partition coefficient (Wildman–Crippen LogP) is 5.25. The monoisotopic (exact) mass is 463 g/mol. The van der Waals surface area contributed by atoms with Crippen molar-refractivity contribution in [3.63, 3.8) is 0 Å². The van der Waals surface area contributed by atoms with Gasteiger partial charge in [-0.05, 0) is 68.9 Å². The van der Waals surface area contributed by atoms with Crippen molar-refractivity contribution in [2.24, 2.45) is 5.41 Å². The van der Waals surface area contributed by atoms with Crippen molar-refractivity contribution in [2.45, 2.75) is 52.5 Å². The zero-order chi connectivity index (χ0) is 24.3. The lowest BCUT2D eigenvalue weighted by atomic mass is 9.75.